The molecule has 3 N–H and O–H groups in total. The first-order valence-electron chi connectivity index (χ1n) is 5.17. The van der Waals surface area contributed by atoms with Gasteiger partial charge in [-0.1, -0.05) is 41.9 Å². The molecule has 0 amide bonds. The van der Waals surface area contributed by atoms with Crippen molar-refractivity contribution in [2.24, 2.45) is 17.6 Å². The van der Waals surface area contributed by atoms with Gasteiger partial charge in [-0.2, -0.15) is 0 Å². The van der Waals surface area contributed by atoms with Crippen molar-refractivity contribution >= 4 is 21.9 Å². The molecule has 88 valence electrons. The molecule has 0 saturated carbocycles. The van der Waals surface area contributed by atoms with E-state index in [4.69, 9.17) is 10.8 Å². The van der Waals surface area contributed by atoms with Gasteiger partial charge in [0.1, 0.15) is 0 Å². The molecule has 0 bridgehead atoms. The zero-order valence-electron chi connectivity index (χ0n) is 9.35. The number of hydrogen-bond acceptors (Lipinski definition) is 2. The van der Waals surface area contributed by atoms with E-state index in [9.17, 15) is 4.79 Å². The number of aliphatic carboxylic acids is 1. The summed E-state index contributed by atoms with van der Waals surface area (Å²) in [7, 11) is 0. The van der Waals surface area contributed by atoms with Crippen LogP contribution in [0.1, 0.15) is 25.5 Å². The molecule has 0 aromatic heterocycles. The van der Waals surface area contributed by atoms with Crippen molar-refractivity contribution in [3.63, 3.8) is 0 Å². The topological polar surface area (TPSA) is 63.3 Å². The Morgan fingerprint density at radius 3 is 2.19 bits per heavy atom. The molecule has 16 heavy (non-hydrogen) atoms. The number of nitrogens with two attached hydrogens (primary N) is 1. The molecule has 0 aliphatic heterocycles. The van der Waals surface area contributed by atoms with Crippen LogP contribution in [0.3, 0.4) is 0 Å². The van der Waals surface area contributed by atoms with Crippen LogP contribution in [0.25, 0.3) is 0 Å². The van der Waals surface area contributed by atoms with Crippen LogP contribution in [0.2, 0.25) is 0 Å². The molecule has 0 fully saturated rings. The Labute approximate surface area is 104 Å². The number of benzene rings is 1. The molecule has 1 aromatic carbocycles. The molecule has 4 heteroatoms. The number of carboxylic acids is 1. The molecule has 3 nitrogen and oxygen atoms in total. The van der Waals surface area contributed by atoms with E-state index in [1.165, 1.54) is 0 Å². The summed E-state index contributed by atoms with van der Waals surface area (Å²) in [5.41, 5.74) is 6.85. The lowest BCUT2D eigenvalue weighted by atomic mass is 9.85. The summed E-state index contributed by atoms with van der Waals surface area (Å²) in [4.78, 5) is 11.1. The Morgan fingerprint density at radius 2 is 1.81 bits per heavy atom. The minimum atomic E-state index is -0.842. The van der Waals surface area contributed by atoms with E-state index in [0.29, 0.717) is 0 Å². The van der Waals surface area contributed by atoms with Gasteiger partial charge in [0.2, 0.25) is 0 Å². The standard InChI is InChI=1S/C12H16BrNO2/c1-7(2)10(12(15)16)11(14)8-3-5-9(13)6-4-8/h3-7,10-11H,14H2,1-2H3,(H,15,16). The van der Waals surface area contributed by atoms with E-state index in [1.54, 1.807) is 0 Å². The summed E-state index contributed by atoms with van der Waals surface area (Å²) in [6, 6.07) is 6.98. The lowest BCUT2D eigenvalue weighted by molar-refractivity contribution is -0.144. The van der Waals surface area contributed by atoms with Gasteiger partial charge in [0.05, 0.1) is 5.92 Å². The van der Waals surface area contributed by atoms with Crippen LogP contribution in [-0.2, 0) is 4.79 Å². The van der Waals surface area contributed by atoms with E-state index < -0.39 is 17.9 Å². The maximum Gasteiger partial charge on any atom is 0.308 e. The van der Waals surface area contributed by atoms with Gasteiger partial charge in [-0.15, -0.1) is 0 Å². The average Bonchev–Trinajstić information content (AvgIpc) is 2.17. The summed E-state index contributed by atoms with van der Waals surface area (Å²) >= 11 is 3.33. The zero-order chi connectivity index (χ0) is 12.3. The Hall–Kier alpha value is -0.870. The van der Waals surface area contributed by atoms with Gasteiger partial charge < -0.3 is 10.8 Å². The molecule has 0 aliphatic rings. The second kappa shape index (κ2) is 5.46. The Kier molecular flexibility index (Phi) is 4.50. The van der Waals surface area contributed by atoms with Crippen LogP contribution in [0.15, 0.2) is 28.7 Å². The second-order valence-electron chi connectivity index (χ2n) is 4.19. The first-order valence-corrected chi connectivity index (χ1v) is 5.96. The second-order valence-corrected chi connectivity index (χ2v) is 5.10. The van der Waals surface area contributed by atoms with Crippen molar-refractivity contribution in [1.82, 2.24) is 0 Å². The van der Waals surface area contributed by atoms with Crippen molar-refractivity contribution < 1.29 is 9.90 Å². The Bertz CT molecular complexity index is 362. The number of hydrogen-bond donors (Lipinski definition) is 2. The molecule has 1 rings (SSSR count). The van der Waals surface area contributed by atoms with Gasteiger partial charge in [0.15, 0.2) is 0 Å². The van der Waals surface area contributed by atoms with Crippen molar-refractivity contribution in [1.29, 1.82) is 0 Å². The molecule has 0 spiro atoms. The van der Waals surface area contributed by atoms with E-state index in [1.807, 2.05) is 38.1 Å². The van der Waals surface area contributed by atoms with E-state index in [0.717, 1.165) is 10.0 Å². The van der Waals surface area contributed by atoms with Gasteiger partial charge in [-0.25, -0.2) is 0 Å². The number of carbonyl (C=O) groups is 1. The summed E-state index contributed by atoms with van der Waals surface area (Å²) in [5.74, 6) is -1.39. The first kappa shape index (κ1) is 13.2. The van der Waals surface area contributed by atoms with Gasteiger partial charge in [0.25, 0.3) is 0 Å². The molecule has 0 aliphatic carbocycles. The Balaban J connectivity index is 2.94. The van der Waals surface area contributed by atoms with Gasteiger partial charge >= 0.3 is 5.97 Å². The fourth-order valence-electron chi connectivity index (χ4n) is 1.75. The van der Waals surface area contributed by atoms with Crippen LogP contribution in [0.4, 0.5) is 0 Å². The van der Waals surface area contributed by atoms with Crippen molar-refractivity contribution in [2.45, 2.75) is 19.9 Å². The van der Waals surface area contributed by atoms with Gasteiger partial charge in [-0.3, -0.25) is 4.79 Å². The fraction of sp³-hybridized carbons (Fsp3) is 0.417. The van der Waals surface area contributed by atoms with E-state index in [-0.39, 0.29) is 5.92 Å². The van der Waals surface area contributed by atoms with Crippen LogP contribution in [-0.4, -0.2) is 11.1 Å². The van der Waals surface area contributed by atoms with E-state index in [2.05, 4.69) is 15.9 Å². The molecule has 0 heterocycles. The highest BCUT2D eigenvalue weighted by Crippen LogP contribution is 2.27. The maximum absolute atomic E-state index is 11.1. The highest BCUT2D eigenvalue weighted by Gasteiger charge is 2.29. The lowest BCUT2D eigenvalue weighted by Gasteiger charge is -2.23. The number of rotatable bonds is 4. The summed E-state index contributed by atoms with van der Waals surface area (Å²) < 4.78 is 0.958. The highest BCUT2D eigenvalue weighted by molar-refractivity contribution is 9.10. The number of halogens is 1. The molecule has 0 radical (unpaired) electrons. The fourth-order valence-corrected chi connectivity index (χ4v) is 2.01. The number of carboxylic acid groups (broad SMARTS) is 1. The van der Waals surface area contributed by atoms with Crippen LogP contribution in [0, 0.1) is 11.8 Å². The molecule has 0 saturated heterocycles. The average molecular weight is 286 g/mol. The summed E-state index contributed by atoms with van der Waals surface area (Å²) in [6.07, 6.45) is 0. The third-order valence-corrected chi connectivity index (χ3v) is 3.17. The predicted octanol–water partition coefficient (Wildman–Crippen LogP) is 2.81. The molecular formula is C12H16BrNO2. The maximum atomic E-state index is 11.1. The smallest absolute Gasteiger partial charge is 0.308 e. The largest absolute Gasteiger partial charge is 0.481 e. The minimum absolute atomic E-state index is 0.0103. The predicted molar refractivity (Wildman–Crippen MR) is 67.0 cm³/mol. The third kappa shape index (κ3) is 3.06. The van der Waals surface area contributed by atoms with Crippen LogP contribution < -0.4 is 5.73 Å². The zero-order valence-corrected chi connectivity index (χ0v) is 10.9. The third-order valence-electron chi connectivity index (χ3n) is 2.65. The SMILES string of the molecule is CC(C)C(C(=O)O)C(N)c1ccc(Br)cc1. The molecular weight excluding hydrogens is 270 g/mol. The normalized spacial score (nSPS) is 14.8. The van der Waals surface area contributed by atoms with Crippen molar-refractivity contribution in [3.05, 3.63) is 34.3 Å². The summed E-state index contributed by atoms with van der Waals surface area (Å²) in [6.45, 7) is 3.75. The Morgan fingerprint density at radius 1 is 1.31 bits per heavy atom. The van der Waals surface area contributed by atoms with Crippen LogP contribution >= 0.6 is 15.9 Å². The van der Waals surface area contributed by atoms with Crippen molar-refractivity contribution in [3.8, 4) is 0 Å². The van der Waals surface area contributed by atoms with Crippen molar-refractivity contribution in [2.75, 3.05) is 0 Å². The first-order chi connectivity index (χ1) is 7.43. The molecule has 1 aromatic rings. The van der Waals surface area contributed by atoms with Gasteiger partial charge in [0, 0.05) is 10.5 Å². The van der Waals surface area contributed by atoms with Crippen LogP contribution in [0.5, 0.6) is 0 Å². The van der Waals surface area contributed by atoms with Gasteiger partial charge in [-0.05, 0) is 23.6 Å². The van der Waals surface area contributed by atoms with E-state index >= 15 is 0 Å². The lowest BCUT2D eigenvalue weighted by Crippen LogP contribution is -2.32. The molecule has 2 atom stereocenters. The summed E-state index contributed by atoms with van der Waals surface area (Å²) in [5, 5.41) is 9.14. The monoisotopic (exact) mass is 285 g/mol. The minimum Gasteiger partial charge on any atom is -0.481 e. The highest BCUT2D eigenvalue weighted by atomic mass is 79.9. The molecule has 2 unspecified atom stereocenters. The quantitative estimate of drug-likeness (QED) is 0.894.